The predicted octanol–water partition coefficient (Wildman–Crippen LogP) is 0.689. The second-order valence-corrected chi connectivity index (χ2v) is 3.44. The van der Waals surface area contributed by atoms with E-state index in [9.17, 15) is 0 Å². The first kappa shape index (κ1) is 10.6. The maximum atomic E-state index is 8.32. The number of aromatic nitrogens is 2. The SMILES string of the molecule is CC[N+](=CNC#N)SCc1ncc[nH]1. The summed E-state index contributed by atoms with van der Waals surface area (Å²) in [6.45, 7) is 2.85. The molecule has 0 aliphatic heterocycles. The van der Waals surface area contributed by atoms with E-state index in [1.165, 1.54) is 0 Å². The van der Waals surface area contributed by atoms with Crippen molar-refractivity contribution < 1.29 is 3.98 Å². The average Bonchev–Trinajstić information content (AvgIpc) is 2.71. The second kappa shape index (κ2) is 6.05. The van der Waals surface area contributed by atoms with Crippen molar-refractivity contribution in [3.05, 3.63) is 18.2 Å². The molecule has 0 fully saturated rings. The van der Waals surface area contributed by atoms with Crippen LogP contribution in [0.4, 0.5) is 0 Å². The highest BCUT2D eigenvalue weighted by Gasteiger charge is 2.01. The molecule has 0 radical (unpaired) electrons. The molecule has 1 aromatic rings. The first-order valence-corrected chi connectivity index (χ1v) is 5.16. The molecule has 0 atom stereocenters. The Kier molecular flexibility index (Phi) is 4.58. The third kappa shape index (κ3) is 3.49. The zero-order valence-corrected chi connectivity index (χ0v) is 8.71. The third-order valence-electron chi connectivity index (χ3n) is 1.51. The highest BCUT2D eigenvalue weighted by atomic mass is 32.2. The van der Waals surface area contributed by atoms with Crippen LogP contribution >= 0.6 is 11.9 Å². The number of hydrogen-bond donors (Lipinski definition) is 2. The number of imidazole rings is 1. The van der Waals surface area contributed by atoms with Crippen molar-refractivity contribution in [1.29, 1.82) is 5.26 Å². The van der Waals surface area contributed by atoms with Gasteiger partial charge in [-0.05, 0) is 6.92 Å². The molecule has 1 aromatic heterocycles. The molecule has 74 valence electrons. The fourth-order valence-corrected chi connectivity index (χ4v) is 1.60. The van der Waals surface area contributed by atoms with Crippen molar-refractivity contribution in [2.24, 2.45) is 0 Å². The predicted molar refractivity (Wildman–Crippen MR) is 55.5 cm³/mol. The van der Waals surface area contributed by atoms with Crippen molar-refractivity contribution in [2.75, 3.05) is 6.54 Å². The lowest BCUT2D eigenvalue weighted by Crippen LogP contribution is -2.14. The number of rotatable bonds is 5. The second-order valence-electron chi connectivity index (χ2n) is 2.43. The van der Waals surface area contributed by atoms with Crippen molar-refractivity contribution in [1.82, 2.24) is 15.3 Å². The summed E-state index contributed by atoms with van der Waals surface area (Å²) in [7, 11) is 0. The Bertz CT molecular complexity index is 324. The molecule has 14 heavy (non-hydrogen) atoms. The number of H-pyrrole nitrogens is 1. The Labute approximate surface area is 87.0 Å². The minimum Gasteiger partial charge on any atom is -0.348 e. The smallest absolute Gasteiger partial charge is 0.288 e. The topological polar surface area (TPSA) is 67.5 Å². The first-order chi connectivity index (χ1) is 6.86. The minimum absolute atomic E-state index is 0.768. The Morgan fingerprint density at radius 3 is 3.29 bits per heavy atom. The number of nitriles is 1. The summed E-state index contributed by atoms with van der Waals surface area (Å²) in [4.78, 5) is 7.12. The minimum atomic E-state index is 0.768. The van der Waals surface area contributed by atoms with Gasteiger partial charge in [-0.2, -0.15) is 5.32 Å². The van der Waals surface area contributed by atoms with Gasteiger partial charge >= 0.3 is 0 Å². The van der Waals surface area contributed by atoms with E-state index in [-0.39, 0.29) is 0 Å². The largest absolute Gasteiger partial charge is 0.348 e. The molecule has 0 amide bonds. The Morgan fingerprint density at radius 2 is 2.71 bits per heavy atom. The van der Waals surface area contributed by atoms with Crippen LogP contribution in [0.1, 0.15) is 12.7 Å². The molecular weight excluding hydrogens is 198 g/mol. The molecule has 1 rings (SSSR count). The van der Waals surface area contributed by atoms with Gasteiger partial charge in [-0.1, -0.05) is 0 Å². The third-order valence-corrected chi connectivity index (χ3v) is 2.60. The summed E-state index contributed by atoms with van der Waals surface area (Å²) < 4.78 is 1.94. The maximum Gasteiger partial charge on any atom is 0.288 e. The van der Waals surface area contributed by atoms with Gasteiger partial charge < -0.3 is 4.98 Å². The van der Waals surface area contributed by atoms with Gasteiger partial charge in [0.25, 0.3) is 12.5 Å². The van der Waals surface area contributed by atoms with E-state index in [2.05, 4.69) is 15.3 Å². The zero-order chi connectivity index (χ0) is 10.2. The Hall–Kier alpha value is -1.48. The lowest BCUT2D eigenvalue weighted by Gasteiger charge is -1.98. The lowest BCUT2D eigenvalue weighted by molar-refractivity contribution is -0.339. The normalized spacial score (nSPS) is 11.0. The van der Waals surface area contributed by atoms with Crippen LogP contribution in [0.5, 0.6) is 0 Å². The van der Waals surface area contributed by atoms with Crippen LogP contribution in [0.2, 0.25) is 0 Å². The van der Waals surface area contributed by atoms with Gasteiger partial charge in [0.15, 0.2) is 0 Å². The number of nitrogens with one attached hydrogen (secondary N) is 2. The van der Waals surface area contributed by atoms with Gasteiger partial charge in [0.1, 0.15) is 5.82 Å². The van der Waals surface area contributed by atoms with Crippen LogP contribution in [0.25, 0.3) is 0 Å². The molecule has 1 heterocycles. The summed E-state index contributed by atoms with van der Waals surface area (Å²) in [6.07, 6.45) is 7.01. The summed E-state index contributed by atoms with van der Waals surface area (Å²) in [5.74, 6) is 1.70. The molecule has 0 saturated carbocycles. The first-order valence-electron chi connectivity index (χ1n) is 4.22. The molecule has 2 N–H and O–H groups in total. The van der Waals surface area contributed by atoms with E-state index in [0.29, 0.717) is 0 Å². The van der Waals surface area contributed by atoms with Crippen LogP contribution in [-0.4, -0.2) is 26.8 Å². The Morgan fingerprint density at radius 1 is 1.86 bits per heavy atom. The Balaban J connectivity index is 2.39. The van der Waals surface area contributed by atoms with E-state index in [1.54, 1.807) is 30.7 Å². The van der Waals surface area contributed by atoms with Gasteiger partial charge in [-0.15, -0.1) is 5.26 Å². The monoisotopic (exact) mass is 210 g/mol. The van der Waals surface area contributed by atoms with E-state index < -0.39 is 0 Å². The fourth-order valence-electron chi connectivity index (χ4n) is 0.842. The molecule has 0 aliphatic carbocycles. The van der Waals surface area contributed by atoms with Crippen LogP contribution in [0.3, 0.4) is 0 Å². The standard InChI is InChI=1S/C8H11N5S/c1-2-13(7-10-6-9)14-5-8-11-3-4-12-8/h3-4,7H,2,5H2,1H3,(H,11,12)/p+1. The van der Waals surface area contributed by atoms with E-state index in [1.807, 2.05) is 17.1 Å². The summed E-state index contributed by atoms with van der Waals surface area (Å²) in [5, 5.41) is 10.8. The van der Waals surface area contributed by atoms with Crippen molar-refractivity contribution in [3.63, 3.8) is 0 Å². The molecule has 5 nitrogen and oxygen atoms in total. The van der Waals surface area contributed by atoms with Crippen LogP contribution < -0.4 is 5.32 Å². The molecule has 0 unspecified atom stereocenters. The van der Waals surface area contributed by atoms with Crippen LogP contribution in [0.15, 0.2) is 12.4 Å². The van der Waals surface area contributed by atoms with Crippen molar-refractivity contribution in [3.8, 4) is 6.19 Å². The van der Waals surface area contributed by atoms with Crippen molar-refractivity contribution in [2.45, 2.75) is 12.7 Å². The lowest BCUT2D eigenvalue weighted by atomic mass is 10.7. The molecule has 0 saturated heterocycles. The van der Waals surface area contributed by atoms with Gasteiger partial charge in [-0.3, -0.25) is 0 Å². The summed E-state index contributed by atoms with van der Waals surface area (Å²) in [5.41, 5.74) is 0. The van der Waals surface area contributed by atoms with Gasteiger partial charge in [0.05, 0.1) is 24.2 Å². The number of nitrogens with zero attached hydrogens (tertiary/aromatic N) is 3. The quantitative estimate of drug-likeness (QED) is 0.187. The van der Waals surface area contributed by atoms with Gasteiger partial charge in [-0.25, -0.2) is 8.96 Å². The molecule has 0 aliphatic rings. The highest BCUT2D eigenvalue weighted by molar-refractivity contribution is 7.92. The number of hydrogen-bond acceptors (Lipinski definition) is 3. The van der Waals surface area contributed by atoms with Gasteiger partial charge in [0, 0.05) is 12.4 Å². The van der Waals surface area contributed by atoms with Crippen LogP contribution in [-0.2, 0) is 5.75 Å². The molecular formula is C8H12N5S+. The summed E-state index contributed by atoms with van der Waals surface area (Å²) in [6, 6.07) is 0. The van der Waals surface area contributed by atoms with Crippen molar-refractivity contribution >= 4 is 18.3 Å². The molecule has 0 spiro atoms. The fraction of sp³-hybridized carbons (Fsp3) is 0.375. The maximum absolute atomic E-state index is 8.32. The van der Waals surface area contributed by atoms with E-state index >= 15 is 0 Å². The van der Waals surface area contributed by atoms with Crippen LogP contribution in [0, 0.1) is 11.5 Å². The summed E-state index contributed by atoms with van der Waals surface area (Å²) >= 11 is 1.59. The van der Waals surface area contributed by atoms with Gasteiger partial charge in [0.2, 0.25) is 0 Å². The number of aromatic amines is 1. The zero-order valence-electron chi connectivity index (χ0n) is 7.90. The average molecular weight is 210 g/mol. The van der Waals surface area contributed by atoms with E-state index in [0.717, 1.165) is 18.1 Å². The molecule has 6 heteroatoms. The highest BCUT2D eigenvalue weighted by Crippen LogP contribution is 2.07. The molecule has 0 aromatic carbocycles. The van der Waals surface area contributed by atoms with E-state index in [4.69, 9.17) is 5.26 Å². The molecule has 0 bridgehead atoms.